The van der Waals surface area contributed by atoms with E-state index in [9.17, 15) is 4.79 Å². The summed E-state index contributed by atoms with van der Waals surface area (Å²) in [6, 6.07) is 15.6. The van der Waals surface area contributed by atoms with Gasteiger partial charge in [0.05, 0.1) is 5.69 Å². The number of nitrogens with zero attached hydrogens (tertiary/aromatic N) is 4. The van der Waals surface area contributed by atoms with Crippen LogP contribution in [0.15, 0.2) is 76.9 Å². The second kappa shape index (κ2) is 12.8. The van der Waals surface area contributed by atoms with Crippen molar-refractivity contribution in [2.24, 2.45) is 4.99 Å². The fourth-order valence-corrected chi connectivity index (χ4v) is 3.04. The maximum Gasteiger partial charge on any atom is 0.250 e. The van der Waals surface area contributed by atoms with Gasteiger partial charge < -0.3 is 15.2 Å². The topological polar surface area (TPSA) is 76.2 Å². The highest BCUT2D eigenvalue weighted by Crippen LogP contribution is 2.08. The quantitative estimate of drug-likeness (QED) is 0.197. The number of hydrogen-bond donors (Lipinski definition) is 2. The van der Waals surface area contributed by atoms with E-state index >= 15 is 0 Å². The third-order valence-corrected chi connectivity index (χ3v) is 4.65. The van der Waals surface area contributed by atoms with Crippen LogP contribution in [0, 0.1) is 0 Å². The molecule has 160 valence electrons. The van der Waals surface area contributed by atoms with Gasteiger partial charge in [-0.2, -0.15) is 5.10 Å². The van der Waals surface area contributed by atoms with Crippen LogP contribution in [-0.2, 0) is 13.0 Å². The number of pyridine rings is 1. The fourth-order valence-electron chi connectivity index (χ4n) is 3.04. The zero-order valence-electron chi connectivity index (χ0n) is 17.2. The van der Waals surface area contributed by atoms with Crippen molar-refractivity contribution in [2.45, 2.75) is 25.8 Å². The van der Waals surface area contributed by atoms with Crippen LogP contribution in [0.3, 0.4) is 0 Å². The number of halogens is 1. The average Bonchev–Trinajstić information content (AvgIpc) is 3.29. The van der Waals surface area contributed by atoms with Crippen molar-refractivity contribution in [3.8, 4) is 5.69 Å². The molecule has 0 saturated heterocycles. The van der Waals surface area contributed by atoms with E-state index in [0.29, 0.717) is 0 Å². The average molecular weight is 520 g/mol. The first kappa shape index (κ1) is 23.7. The van der Waals surface area contributed by atoms with Gasteiger partial charge in [0.15, 0.2) is 5.96 Å². The van der Waals surface area contributed by atoms with Crippen LogP contribution in [0.1, 0.15) is 18.4 Å². The van der Waals surface area contributed by atoms with Crippen molar-refractivity contribution >= 4 is 29.9 Å². The van der Waals surface area contributed by atoms with E-state index in [-0.39, 0.29) is 29.5 Å². The van der Waals surface area contributed by atoms with Crippen LogP contribution < -0.4 is 16.2 Å². The van der Waals surface area contributed by atoms with Gasteiger partial charge in [0.2, 0.25) is 5.56 Å². The summed E-state index contributed by atoms with van der Waals surface area (Å²) in [4.78, 5) is 15.9. The molecule has 3 aromatic rings. The van der Waals surface area contributed by atoms with Gasteiger partial charge in [-0.05, 0) is 49.1 Å². The van der Waals surface area contributed by atoms with E-state index < -0.39 is 0 Å². The Morgan fingerprint density at radius 3 is 2.50 bits per heavy atom. The standard InChI is InChI=1S/C22H28N6O.HI/c1-23-22(24-13-3-5-17-27-16-4-2-7-21(27)29)25-15-12-19-8-10-20(11-9-19)28-18-6-14-26-28;/h2,4,6-11,14,16,18H,3,5,12-13,15,17H2,1H3,(H2,23,24,25);1H. The summed E-state index contributed by atoms with van der Waals surface area (Å²) >= 11 is 0. The molecule has 2 aromatic heterocycles. The minimum Gasteiger partial charge on any atom is -0.356 e. The molecule has 2 heterocycles. The number of guanidine groups is 1. The summed E-state index contributed by atoms with van der Waals surface area (Å²) in [5.74, 6) is 0.801. The number of aryl methyl sites for hydroxylation is 1. The summed E-state index contributed by atoms with van der Waals surface area (Å²) in [5.41, 5.74) is 2.37. The molecule has 8 heteroatoms. The molecule has 0 saturated carbocycles. The fraction of sp³-hybridized carbons (Fsp3) is 0.318. The Balaban J connectivity index is 0.00000320. The molecule has 0 radical (unpaired) electrons. The molecule has 0 amide bonds. The zero-order valence-corrected chi connectivity index (χ0v) is 19.5. The van der Waals surface area contributed by atoms with Gasteiger partial charge >= 0.3 is 0 Å². The van der Waals surface area contributed by atoms with E-state index in [1.807, 2.05) is 29.2 Å². The molecule has 0 atom stereocenters. The Morgan fingerprint density at radius 2 is 1.80 bits per heavy atom. The van der Waals surface area contributed by atoms with Gasteiger partial charge in [0.1, 0.15) is 0 Å². The van der Waals surface area contributed by atoms with E-state index in [2.05, 4.69) is 45.0 Å². The lowest BCUT2D eigenvalue weighted by Gasteiger charge is -2.12. The first-order valence-corrected chi connectivity index (χ1v) is 9.95. The number of hydrogen-bond acceptors (Lipinski definition) is 3. The first-order valence-electron chi connectivity index (χ1n) is 9.95. The largest absolute Gasteiger partial charge is 0.356 e. The predicted octanol–water partition coefficient (Wildman–Crippen LogP) is 2.84. The third-order valence-electron chi connectivity index (χ3n) is 4.65. The Kier molecular flexibility index (Phi) is 10.1. The molecule has 0 aliphatic rings. The highest BCUT2D eigenvalue weighted by molar-refractivity contribution is 14.0. The van der Waals surface area contributed by atoms with Gasteiger partial charge in [0, 0.05) is 51.3 Å². The van der Waals surface area contributed by atoms with Crippen LogP contribution in [0.25, 0.3) is 5.69 Å². The molecule has 0 fully saturated rings. The Morgan fingerprint density at radius 1 is 1.00 bits per heavy atom. The Bertz CT molecular complexity index is 950. The molecule has 0 aliphatic heterocycles. The highest BCUT2D eigenvalue weighted by Gasteiger charge is 2.00. The van der Waals surface area contributed by atoms with Crippen LogP contribution in [-0.4, -0.2) is 40.4 Å². The van der Waals surface area contributed by atoms with Crippen LogP contribution >= 0.6 is 24.0 Å². The SMILES string of the molecule is CN=C(NCCCCn1ccccc1=O)NCCc1ccc(-n2cccn2)cc1.I. The number of aliphatic imine (C=N–C) groups is 1. The van der Waals surface area contributed by atoms with Gasteiger partial charge in [-0.3, -0.25) is 9.79 Å². The highest BCUT2D eigenvalue weighted by atomic mass is 127. The summed E-state index contributed by atoms with van der Waals surface area (Å²) in [6.45, 7) is 2.36. The summed E-state index contributed by atoms with van der Waals surface area (Å²) in [6.07, 6.45) is 8.37. The summed E-state index contributed by atoms with van der Waals surface area (Å²) < 4.78 is 3.59. The molecular weight excluding hydrogens is 491 g/mol. The van der Waals surface area contributed by atoms with Gasteiger partial charge in [-0.1, -0.05) is 18.2 Å². The van der Waals surface area contributed by atoms with E-state index in [0.717, 1.165) is 50.5 Å². The van der Waals surface area contributed by atoms with Crippen LogP contribution in [0.2, 0.25) is 0 Å². The third kappa shape index (κ3) is 7.33. The molecule has 0 spiro atoms. The number of nitrogens with one attached hydrogen (secondary N) is 2. The maximum absolute atomic E-state index is 11.7. The lowest BCUT2D eigenvalue weighted by Crippen LogP contribution is -2.38. The lowest BCUT2D eigenvalue weighted by atomic mass is 10.1. The minimum atomic E-state index is 0. The van der Waals surface area contributed by atoms with E-state index in [1.165, 1.54) is 5.56 Å². The predicted molar refractivity (Wildman–Crippen MR) is 132 cm³/mol. The normalized spacial score (nSPS) is 11.0. The molecule has 1 aromatic carbocycles. The Hall–Kier alpha value is -2.62. The lowest BCUT2D eigenvalue weighted by molar-refractivity contribution is 0.585. The van der Waals surface area contributed by atoms with Gasteiger partial charge in [-0.25, -0.2) is 4.68 Å². The number of aromatic nitrogens is 3. The Labute approximate surface area is 194 Å². The van der Waals surface area contributed by atoms with E-state index in [1.54, 1.807) is 29.9 Å². The summed E-state index contributed by atoms with van der Waals surface area (Å²) in [5, 5.41) is 10.9. The van der Waals surface area contributed by atoms with Crippen molar-refractivity contribution in [3.63, 3.8) is 0 Å². The molecule has 2 N–H and O–H groups in total. The van der Waals surface area contributed by atoms with Crippen molar-refractivity contribution in [1.82, 2.24) is 25.0 Å². The van der Waals surface area contributed by atoms with Crippen molar-refractivity contribution in [1.29, 1.82) is 0 Å². The molecule has 7 nitrogen and oxygen atoms in total. The maximum atomic E-state index is 11.7. The molecular formula is C22H29IN6O. The monoisotopic (exact) mass is 520 g/mol. The van der Waals surface area contributed by atoms with Crippen molar-refractivity contribution in [3.05, 3.63) is 83.0 Å². The van der Waals surface area contributed by atoms with Crippen molar-refractivity contribution in [2.75, 3.05) is 20.1 Å². The molecule has 3 rings (SSSR count). The number of benzene rings is 1. The van der Waals surface area contributed by atoms with Gasteiger partial charge in [0.25, 0.3) is 0 Å². The summed E-state index contributed by atoms with van der Waals surface area (Å²) in [7, 11) is 1.78. The molecule has 0 aliphatic carbocycles. The first-order chi connectivity index (χ1) is 14.3. The smallest absolute Gasteiger partial charge is 0.250 e. The molecule has 0 unspecified atom stereocenters. The number of unbranched alkanes of at least 4 members (excludes halogenated alkanes) is 1. The second-order valence-electron chi connectivity index (χ2n) is 6.73. The minimum absolute atomic E-state index is 0. The van der Waals surface area contributed by atoms with Crippen LogP contribution in [0.4, 0.5) is 0 Å². The van der Waals surface area contributed by atoms with Gasteiger partial charge in [-0.15, -0.1) is 24.0 Å². The zero-order chi connectivity index (χ0) is 20.3. The number of rotatable bonds is 9. The van der Waals surface area contributed by atoms with Crippen molar-refractivity contribution < 1.29 is 0 Å². The van der Waals surface area contributed by atoms with Crippen LogP contribution in [0.5, 0.6) is 0 Å². The van der Waals surface area contributed by atoms with E-state index in [4.69, 9.17) is 0 Å². The molecule has 0 bridgehead atoms. The second-order valence-corrected chi connectivity index (χ2v) is 6.73. The molecule has 30 heavy (non-hydrogen) atoms.